The Morgan fingerprint density at radius 2 is 1.91 bits per heavy atom. The molecule has 0 spiro atoms. The van der Waals surface area contributed by atoms with Gasteiger partial charge in [-0.25, -0.2) is 4.57 Å². The second-order valence-corrected chi connectivity index (χ2v) is 9.36. The molecule has 0 fully saturated rings. The predicted octanol–water partition coefficient (Wildman–Crippen LogP) is 4.04. The predicted molar refractivity (Wildman–Crippen MR) is 131 cm³/mol. The number of aryl methyl sites for hydroxylation is 1. The number of hydrogen-bond acceptors (Lipinski definition) is 6. The zero-order valence-corrected chi connectivity index (χ0v) is 19.8. The van der Waals surface area contributed by atoms with E-state index >= 15 is 0 Å². The van der Waals surface area contributed by atoms with Crippen LogP contribution in [0.25, 0.3) is 22.4 Å². The Hall–Kier alpha value is -3.85. The average molecular weight is 474 g/mol. The minimum Gasteiger partial charge on any atom is -0.467 e. The Morgan fingerprint density at radius 1 is 1.09 bits per heavy atom. The van der Waals surface area contributed by atoms with Gasteiger partial charge in [-0.05, 0) is 62.2 Å². The number of thioether (sulfide) groups is 1. The maximum atomic E-state index is 13.5. The van der Waals surface area contributed by atoms with Crippen LogP contribution < -0.4 is 10.9 Å². The summed E-state index contributed by atoms with van der Waals surface area (Å²) >= 11 is 1.29. The smallest absolute Gasteiger partial charge is 0.267 e. The number of furan rings is 1. The van der Waals surface area contributed by atoms with Gasteiger partial charge in [0.1, 0.15) is 5.76 Å². The molecule has 1 atom stereocenters. The lowest BCUT2D eigenvalue weighted by atomic mass is 10.1. The Bertz CT molecular complexity index is 1570. The first-order valence-corrected chi connectivity index (χ1v) is 11.8. The Balaban J connectivity index is 1.59. The topological polar surface area (TPSA) is 94.4 Å². The second kappa shape index (κ2) is 8.83. The van der Waals surface area contributed by atoms with E-state index in [-0.39, 0.29) is 11.5 Å². The van der Waals surface area contributed by atoms with Crippen LogP contribution in [0, 0.1) is 13.8 Å². The fourth-order valence-electron chi connectivity index (χ4n) is 3.89. The average Bonchev–Trinajstić information content (AvgIpc) is 3.50. The number of amides is 1. The summed E-state index contributed by atoms with van der Waals surface area (Å²) in [6.07, 6.45) is 1.57. The molecule has 0 saturated heterocycles. The molecule has 0 aliphatic rings. The van der Waals surface area contributed by atoms with Crippen molar-refractivity contribution in [2.45, 2.75) is 37.7 Å². The highest BCUT2D eigenvalue weighted by atomic mass is 32.2. The van der Waals surface area contributed by atoms with Crippen molar-refractivity contribution in [1.29, 1.82) is 0 Å². The number of hydrogen-bond donors (Lipinski definition) is 1. The summed E-state index contributed by atoms with van der Waals surface area (Å²) in [7, 11) is 0. The maximum Gasteiger partial charge on any atom is 0.267 e. The number of para-hydroxylation sites is 1. The molecule has 2 aromatic carbocycles. The molecule has 0 aliphatic carbocycles. The maximum absolute atomic E-state index is 13.5. The van der Waals surface area contributed by atoms with Gasteiger partial charge in [-0.15, -0.1) is 10.2 Å². The first-order valence-electron chi connectivity index (χ1n) is 10.9. The molecule has 34 heavy (non-hydrogen) atoms. The van der Waals surface area contributed by atoms with Crippen LogP contribution in [0.1, 0.15) is 23.8 Å². The number of nitrogens with zero attached hydrogens (tertiary/aromatic N) is 4. The number of fused-ring (bicyclic) bond motifs is 3. The van der Waals surface area contributed by atoms with Crippen molar-refractivity contribution in [3.05, 3.63) is 88.1 Å². The van der Waals surface area contributed by atoms with E-state index in [1.807, 2.05) is 67.6 Å². The molecule has 1 amide bonds. The van der Waals surface area contributed by atoms with Crippen molar-refractivity contribution in [2.75, 3.05) is 0 Å². The summed E-state index contributed by atoms with van der Waals surface area (Å²) in [6.45, 7) is 6.12. The van der Waals surface area contributed by atoms with Crippen LogP contribution in [0.3, 0.4) is 0 Å². The van der Waals surface area contributed by atoms with Gasteiger partial charge in [-0.2, -0.15) is 0 Å². The number of aromatic nitrogens is 4. The van der Waals surface area contributed by atoms with Crippen LogP contribution >= 0.6 is 11.8 Å². The summed E-state index contributed by atoms with van der Waals surface area (Å²) < 4.78 is 8.73. The minimum atomic E-state index is -0.442. The van der Waals surface area contributed by atoms with E-state index in [4.69, 9.17) is 4.42 Å². The Morgan fingerprint density at radius 3 is 2.71 bits per heavy atom. The lowest BCUT2D eigenvalue weighted by molar-refractivity contribution is -0.120. The van der Waals surface area contributed by atoms with Gasteiger partial charge in [0.05, 0.1) is 34.6 Å². The summed E-state index contributed by atoms with van der Waals surface area (Å²) in [5, 5.41) is 12.3. The van der Waals surface area contributed by atoms with Crippen LogP contribution in [-0.2, 0) is 11.3 Å². The zero-order chi connectivity index (χ0) is 23.8. The number of benzene rings is 2. The normalized spacial score (nSPS) is 12.3. The summed E-state index contributed by atoms with van der Waals surface area (Å²) in [6, 6.07) is 16.8. The molecule has 0 saturated carbocycles. The van der Waals surface area contributed by atoms with E-state index in [9.17, 15) is 9.59 Å². The van der Waals surface area contributed by atoms with Crippen LogP contribution in [0.4, 0.5) is 0 Å². The third kappa shape index (κ3) is 3.77. The minimum absolute atomic E-state index is 0.148. The van der Waals surface area contributed by atoms with E-state index in [0.717, 1.165) is 16.8 Å². The van der Waals surface area contributed by atoms with Crippen molar-refractivity contribution in [3.8, 4) is 5.69 Å². The lowest BCUT2D eigenvalue weighted by Gasteiger charge is -2.15. The van der Waals surface area contributed by atoms with E-state index in [1.165, 1.54) is 11.8 Å². The second-order valence-electron chi connectivity index (χ2n) is 8.05. The molecule has 1 N–H and O–H groups in total. The Kier molecular flexibility index (Phi) is 5.70. The van der Waals surface area contributed by atoms with Gasteiger partial charge in [-0.1, -0.05) is 36.0 Å². The standard InChI is InChI=1S/C25H23N5O3S/c1-15-8-6-12-20(16(15)2)29-23(32)19-10-4-5-11-21(19)30-24(29)27-28-25(30)34-17(3)22(31)26-14-18-9-7-13-33-18/h4-13,17H,14H2,1-3H3,(H,26,31). The van der Waals surface area contributed by atoms with Crippen molar-refractivity contribution in [2.24, 2.45) is 0 Å². The van der Waals surface area contributed by atoms with Crippen LogP contribution in [-0.4, -0.2) is 30.3 Å². The van der Waals surface area contributed by atoms with Crippen LogP contribution in [0.2, 0.25) is 0 Å². The van der Waals surface area contributed by atoms with E-state index in [1.54, 1.807) is 23.0 Å². The van der Waals surface area contributed by atoms with Gasteiger partial charge in [-0.3, -0.25) is 14.0 Å². The lowest BCUT2D eigenvalue weighted by Crippen LogP contribution is -2.30. The zero-order valence-electron chi connectivity index (χ0n) is 19.0. The van der Waals surface area contributed by atoms with Crippen LogP contribution in [0.5, 0.6) is 0 Å². The fraction of sp³-hybridized carbons (Fsp3) is 0.200. The van der Waals surface area contributed by atoms with Gasteiger partial charge in [0.2, 0.25) is 11.7 Å². The first kappa shape index (κ1) is 22.0. The first-order chi connectivity index (χ1) is 16.5. The van der Waals surface area contributed by atoms with Crippen LogP contribution in [0.15, 0.2) is 75.2 Å². The van der Waals surface area contributed by atoms with Gasteiger partial charge in [0.25, 0.3) is 5.56 Å². The molecule has 5 aromatic rings. The molecule has 0 radical (unpaired) electrons. The quantitative estimate of drug-likeness (QED) is 0.374. The Labute approximate surface area is 199 Å². The van der Waals surface area contributed by atoms with Gasteiger partial charge in [0, 0.05) is 0 Å². The molecule has 1 unspecified atom stereocenters. The van der Waals surface area contributed by atoms with E-state index in [2.05, 4.69) is 15.5 Å². The molecule has 3 heterocycles. The highest BCUT2D eigenvalue weighted by Gasteiger charge is 2.22. The van der Waals surface area contributed by atoms with Gasteiger partial charge < -0.3 is 9.73 Å². The number of nitrogens with one attached hydrogen (secondary N) is 1. The highest BCUT2D eigenvalue weighted by Crippen LogP contribution is 2.27. The molecule has 0 bridgehead atoms. The molecule has 172 valence electrons. The molecule has 9 heteroatoms. The van der Waals surface area contributed by atoms with E-state index in [0.29, 0.717) is 34.1 Å². The number of rotatable bonds is 6. The summed E-state index contributed by atoms with van der Waals surface area (Å²) in [4.78, 5) is 26.2. The highest BCUT2D eigenvalue weighted by molar-refractivity contribution is 8.00. The van der Waals surface area contributed by atoms with E-state index < -0.39 is 5.25 Å². The molecular formula is C25H23N5O3S. The molecular weight excluding hydrogens is 450 g/mol. The summed E-state index contributed by atoms with van der Waals surface area (Å²) in [5.74, 6) is 0.940. The fourth-order valence-corrected chi connectivity index (χ4v) is 4.77. The molecule has 0 aliphatic heterocycles. The van der Waals surface area contributed by atoms with Crippen molar-refractivity contribution >= 4 is 34.3 Å². The van der Waals surface area contributed by atoms with Gasteiger partial charge >= 0.3 is 0 Å². The number of carbonyl (C=O) groups is 1. The largest absolute Gasteiger partial charge is 0.467 e. The van der Waals surface area contributed by atoms with Gasteiger partial charge in [0.15, 0.2) is 5.16 Å². The summed E-state index contributed by atoms with van der Waals surface area (Å²) in [5.41, 5.74) is 3.36. The molecule has 8 nitrogen and oxygen atoms in total. The number of carbonyl (C=O) groups excluding carboxylic acids is 1. The third-order valence-electron chi connectivity index (χ3n) is 5.88. The van der Waals surface area contributed by atoms with Crippen molar-refractivity contribution in [3.63, 3.8) is 0 Å². The SMILES string of the molecule is Cc1cccc(-n2c(=O)c3ccccc3n3c(SC(C)C(=O)NCc4ccco4)nnc23)c1C. The van der Waals surface area contributed by atoms with Crippen molar-refractivity contribution in [1.82, 2.24) is 24.5 Å². The molecule has 3 aromatic heterocycles. The van der Waals surface area contributed by atoms with Crippen molar-refractivity contribution < 1.29 is 9.21 Å². The third-order valence-corrected chi connectivity index (χ3v) is 6.92. The molecule has 5 rings (SSSR count). The monoisotopic (exact) mass is 473 g/mol.